The molecule has 1 aromatic heterocycles. The van der Waals surface area contributed by atoms with Gasteiger partial charge in [-0.1, -0.05) is 49.1 Å². The number of halogens is 3. The Kier molecular flexibility index (Phi) is 5.00. The van der Waals surface area contributed by atoms with Crippen molar-refractivity contribution in [3.8, 4) is 11.1 Å². The van der Waals surface area contributed by atoms with Crippen molar-refractivity contribution >= 4 is 17.1 Å². The minimum absolute atomic E-state index is 0.182. The van der Waals surface area contributed by atoms with Gasteiger partial charge in [0.25, 0.3) is 0 Å². The Balaban J connectivity index is 1.68. The number of H-pyrrole nitrogens is 1. The number of imidazole rings is 1. The molecule has 2 aromatic carbocycles. The van der Waals surface area contributed by atoms with E-state index in [1.165, 1.54) is 49.8 Å². The van der Waals surface area contributed by atoms with E-state index in [9.17, 15) is 13.2 Å². The molecule has 0 unspecified atom stereocenters. The van der Waals surface area contributed by atoms with Crippen molar-refractivity contribution in [1.29, 1.82) is 0 Å². The molecule has 0 spiro atoms. The number of benzene rings is 2. The number of alkyl halides is 3. The lowest BCUT2D eigenvalue weighted by Crippen LogP contribution is -2.07. The third-order valence-electron chi connectivity index (χ3n) is 5.66. The molecule has 2 nitrogen and oxygen atoms in total. The topological polar surface area (TPSA) is 28.7 Å². The first-order chi connectivity index (χ1) is 13.4. The lowest BCUT2D eigenvalue weighted by molar-refractivity contribution is -0.137. The van der Waals surface area contributed by atoms with Crippen LogP contribution in [-0.2, 0) is 6.18 Å². The second-order valence-corrected chi connectivity index (χ2v) is 7.62. The molecule has 5 heteroatoms. The summed E-state index contributed by atoms with van der Waals surface area (Å²) in [6.45, 7) is 2.15. The second kappa shape index (κ2) is 7.46. The monoisotopic (exact) mass is 384 g/mol. The van der Waals surface area contributed by atoms with Crippen molar-refractivity contribution < 1.29 is 13.2 Å². The van der Waals surface area contributed by atoms with E-state index in [-0.39, 0.29) is 5.56 Å². The molecule has 3 aromatic rings. The highest BCUT2D eigenvalue weighted by Gasteiger charge is 2.33. The molecule has 1 aliphatic rings. The Bertz CT molecular complexity index is 1010. The third-order valence-corrected chi connectivity index (χ3v) is 5.66. The summed E-state index contributed by atoms with van der Waals surface area (Å²) >= 11 is 0. The van der Waals surface area contributed by atoms with Gasteiger partial charge in [-0.2, -0.15) is 13.2 Å². The molecule has 0 aliphatic heterocycles. The van der Waals surface area contributed by atoms with Crippen LogP contribution in [0.4, 0.5) is 13.2 Å². The molecule has 146 valence electrons. The number of hydrogen-bond acceptors (Lipinski definition) is 1. The van der Waals surface area contributed by atoms with Crippen LogP contribution in [0, 0.1) is 5.92 Å². The number of nitrogens with one attached hydrogen (secondary N) is 1. The van der Waals surface area contributed by atoms with Crippen LogP contribution in [0.15, 0.2) is 48.0 Å². The van der Waals surface area contributed by atoms with Crippen molar-refractivity contribution in [2.45, 2.75) is 45.2 Å². The third kappa shape index (κ3) is 3.84. The molecule has 1 N–H and O–H groups in total. The number of nitrogens with zero attached hydrogens (tertiary/aromatic N) is 1. The molecule has 0 amide bonds. The highest BCUT2D eigenvalue weighted by molar-refractivity contribution is 5.84. The molecule has 0 atom stereocenters. The maximum atomic E-state index is 13.3. The van der Waals surface area contributed by atoms with Crippen LogP contribution in [0.2, 0.25) is 0 Å². The summed E-state index contributed by atoms with van der Waals surface area (Å²) < 4.78 is 40.0. The number of hydrogen-bond donors (Lipinski definition) is 1. The summed E-state index contributed by atoms with van der Waals surface area (Å²) in [4.78, 5) is 7.86. The number of allylic oxidation sites excluding steroid dienone is 1. The lowest BCUT2D eigenvalue weighted by Gasteiger charge is -2.22. The van der Waals surface area contributed by atoms with Crippen LogP contribution in [0.3, 0.4) is 0 Å². The normalized spacial score (nSPS) is 16.6. The highest BCUT2D eigenvalue weighted by atomic mass is 19.4. The van der Waals surface area contributed by atoms with E-state index in [0.717, 1.165) is 22.9 Å². The van der Waals surface area contributed by atoms with Gasteiger partial charge in [-0.3, -0.25) is 0 Å². The summed E-state index contributed by atoms with van der Waals surface area (Å²) in [5.74, 6) is 1.37. The zero-order valence-electron chi connectivity index (χ0n) is 15.8. The quantitative estimate of drug-likeness (QED) is 0.507. The second-order valence-electron chi connectivity index (χ2n) is 7.62. The van der Waals surface area contributed by atoms with Gasteiger partial charge in [0.1, 0.15) is 5.82 Å². The summed E-state index contributed by atoms with van der Waals surface area (Å²) in [7, 11) is 0. The Hall–Kier alpha value is -2.56. The van der Waals surface area contributed by atoms with Crippen molar-refractivity contribution in [3.63, 3.8) is 0 Å². The van der Waals surface area contributed by atoms with Gasteiger partial charge in [-0.05, 0) is 61.1 Å². The smallest absolute Gasteiger partial charge is 0.338 e. The Morgan fingerprint density at radius 1 is 1.07 bits per heavy atom. The first kappa shape index (κ1) is 18.8. The molecule has 28 heavy (non-hydrogen) atoms. The standard InChI is InChI=1S/C23H23F3N2/c1-15(16-7-3-2-4-8-16)13-22-27-20-12-11-17(14-21(20)28-22)18-9-5-6-10-19(18)23(24,25)26/h5-6,9-14,16H,2-4,7-8H2,1H3,(H,27,28)/b15-13+. The molecule has 1 fully saturated rings. The van der Waals surface area contributed by atoms with Crippen LogP contribution in [0.1, 0.15) is 50.4 Å². The minimum Gasteiger partial charge on any atom is -0.338 e. The number of rotatable bonds is 3. The van der Waals surface area contributed by atoms with Crippen molar-refractivity contribution in [3.05, 3.63) is 59.4 Å². The molecule has 4 rings (SSSR count). The Morgan fingerprint density at radius 3 is 2.57 bits per heavy atom. The average molecular weight is 384 g/mol. The summed E-state index contributed by atoms with van der Waals surface area (Å²) in [5.41, 5.74) is 2.92. The van der Waals surface area contributed by atoms with Gasteiger partial charge in [0, 0.05) is 0 Å². The highest BCUT2D eigenvalue weighted by Crippen LogP contribution is 2.37. The molecular weight excluding hydrogens is 361 g/mol. The fourth-order valence-corrected chi connectivity index (χ4v) is 4.14. The van der Waals surface area contributed by atoms with E-state index in [2.05, 4.69) is 23.0 Å². The first-order valence-electron chi connectivity index (χ1n) is 9.76. The molecular formula is C23H23F3N2. The van der Waals surface area contributed by atoms with Crippen molar-refractivity contribution in [2.75, 3.05) is 0 Å². The van der Waals surface area contributed by atoms with Crippen LogP contribution >= 0.6 is 0 Å². The van der Waals surface area contributed by atoms with Gasteiger partial charge in [-0.25, -0.2) is 4.98 Å². The molecule has 0 saturated heterocycles. The van der Waals surface area contributed by atoms with Gasteiger partial charge in [0.2, 0.25) is 0 Å². The van der Waals surface area contributed by atoms with Crippen LogP contribution in [0.25, 0.3) is 28.2 Å². The van der Waals surface area contributed by atoms with E-state index in [0.29, 0.717) is 11.5 Å². The van der Waals surface area contributed by atoms with Gasteiger partial charge < -0.3 is 4.98 Å². The predicted molar refractivity (Wildman–Crippen MR) is 107 cm³/mol. The van der Waals surface area contributed by atoms with Crippen molar-refractivity contribution in [1.82, 2.24) is 9.97 Å². The molecule has 1 saturated carbocycles. The SMILES string of the molecule is C/C(=C\c1nc2ccc(-c3ccccc3C(F)(F)F)cc2[nH]1)C1CCCCC1. The van der Waals surface area contributed by atoms with Crippen LogP contribution in [-0.4, -0.2) is 9.97 Å². The Morgan fingerprint density at radius 2 is 1.82 bits per heavy atom. The first-order valence-corrected chi connectivity index (χ1v) is 9.76. The molecule has 1 heterocycles. The number of fused-ring (bicyclic) bond motifs is 1. The van der Waals surface area contributed by atoms with Gasteiger partial charge in [0.05, 0.1) is 16.6 Å². The fraction of sp³-hybridized carbons (Fsp3) is 0.348. The maximum absolute atomic E-state index is 13.3. The van der Waals surface area contributed by atoms with Gasteiger partial charge in [-0.15, -0.1) is 0 Å². The van der Waals surface area contributed by atoms with E-state index in [1.54, 1.807) is 24.3 Å². The van der Waals surface area contributed by atoms with Crippen molar-refractivity contribution in [2.24, 2.45) is 5.92 Å². The van der Waals surface area contributed by atoms with E-state index in [4.69, 9.17) is 0 Å². The van der Waals surface area contributed by atoms with Crippen LogP contribution < -0.4 is 0 Å². The fourth-order valence-electron chi connectivity index (χ4n) is 4.14. The summed E-state index contributed by atoms with van der Waals surface area (Å²) in [6, 6.07) is 10.9. The van der Waals surface area contributed by atoms with E-state index < -0.39 is 11.7 Å². The largest absolute Gasteiger partial charge is 0.417 e. The molecule has 0 radical (unpaired) electrons. The molecule has 1 aliphatic carbocycles. The minimum atomic E-state index is -4.38. The van der Waals surface area contributed by atoms with Gasteiger partial charge in [0.15, 0.2) is 0 Å². The predicted octanol–water partition coefficient (Wildman–Crippen LogP) is 7.23. The summed E-state index contributed by atoms with van der Waals surface area (Å²) in [5, 5.41) is 0. The lowest BCUT2D eigenvalue weighted by atomic mass is 9.84. The van der Waals surface area contributed by atoms with Gasteiger partial charge >= 0.3 is 6.18 Å². The van der Waals surface area contributed by atoms with E-state index >= 15 is 0 Å². The zero-order chi connectivity index (χ0) is 19.7. The number of aromatic nitrogens is 2. The zero-order valence-corrected chi connectivity index (χ0v) is 15.8. The average Bonchev–Trinajstić information content (AvgIpc) is 3.09. The Labute approximate surface area is 162 Å². The molecule has 0 bridgehead atoms. The summed E-state index contributed by atoms with van der Waals surface area (Å²) in [6.07, 6.45) is 4.01. The van der Waals surface area contributed by atoms with Crippen LogP contribution in [0.5, 0.6) is 0 Å². The maximum Gasteiger partial charge on any atom is 0.417 e. The van der Waals surface area contributed by atoms with E-state index in [1.807, 2.05) is 0 Å². The number of aromatic amines is 1.